The summed E-state index contributed by atoms with van der Waals surface area (Å²) in [5.74, 6) is 0.0537. The van der Waals surface area contributed by atoms with Crippen molar-refractivity contribution in [1.82, 2.24) is 14.3 Å². The molecule has 0 unspecified atom stereocenters. The summed E-state index contributed by atoms with van der Waals surface area (Å²) in [5.41, 5.74) is 6.68. The molecule has 9 heteroatoms. The first kappa shape index (κ1) is 22.2. The van der Waals surface area contributed by atoms with Crippen molar-refractivity contribution >= 4 is 15.9 Å². The Morgan fingerprint density at radius 3 is 2.57 bits per heavy atom. The predicted molar refractivity (Wildman–Crippen MR) is 113 cm³/mol. The lowest BCUT2D eigenvalue weighted by atomic mass is 9.87. The van der Waals surface area contributed by atoms with Gasteiger partial charge in [-0.05, 0) is 42.9 Å². The van der Waals surface area contributed by atoms with Gasteiger partial charge in [0, 0.05) is 12.7 Å². The Morgan fingerprint density at radius 2 is 2.00 bits per heavy atom. The molecule has 2 aromatic rings. The highest BCUT2D eigenvalue weighted by atomic mass is 32.2. The van der Waals surface area contributed by atoms with Crippen molar-refractivity contribution in [3.05, 3.63) is 47.0 Å². The molecule has 8 nitrogen and oxygen atoms in total. The average Bonchev–Trinajstić information content (AvgIpc) is 3.17. The molecule has 1 aliphatic heterocycles. The number of methoxy groups -OCH3 is 1. The fourth-order valence-corrected chi connectivity index (χ4v) is 5.48. The highest BCUT2D eigenvalue weighted by Crippen LogP contribution is 2.39. The summed E-state index contributed by atoms with van der Waals surface area (Å²) in [7, 11) is -2.40. The summed E-state index contributed by atoms with van der Waals surface area (Å²) in [4.78, 5) is 20.2. The van der Waals surface area contributed by atoms with Crippen molar-refractivity contribution in [2.75, 3.05) is 13.7 Å². The highest BCUT2D eigenvalue weighted by molar-refractivity contribution is 7.89. The number of carbonyl (C=O) groups excluding carboxylic acids is 1. The van der Waals surface area contributed by atoms with Gasteiger partial charge in [0.25, 0.3) is 5.91 Å². The number of hydrogen-bond acceptors (Lipinski definition) is 6. The highest BCUT2D eigenvalue weighted by Gasteiger charge is 2.39. The van der Waals surface area contributed by atoms with E-state index in [4.69, 9.17) is 10.5 Å². The number of rotatable bonds is 5. The lowest BCUT2D eigenvalue weighted by molar-refractivity contribution is 0.0998. The monoisotopic (exact) mass is 432 g/mol. The number of benzene rings is 1. The summed E-state index contributed by atoms with van der Waals surface area (Å²) in [5, 5.41) is 0. The van der Waals surface area contributed by atoms with Gasteiger partial charge in [-0.25, -0.2) is 18.4 Å². The molecule has 1 atom stereocenters. The quantitative estimate of drug-likeness (QED) is 0.777. The third-order valence-corrected chi connectivity index (χ3v) is 7.31. The van der Waals surface area contributed by atoms with E-state index >= 15 is 0 Å². The second kappa shape index (κ2) is 7.96. The molecule has 0 aliphatic carbocycles. The van der Waals surface area contributed by atoms with Crippen LogP contribution in [0.4, 0.5) is 0 Å². The Hall–Kier alpha value is -2.52. The molecular formula is C21H28N4O4S. The van der Waals surface area contributed by atoms with Gasteiger partial charge in [-0.15, -0.1) is 0 Å². The van der Waals surface area contributed by atoms with Gasteiger partial charge < -0.3 is 10.5 Å². The first-order chi connectivity index (χ1) is 14.0. The maximum Gasteiger partial charge on any atom is 0.252 e. The van der Waals surface area contributed by atoms with Gasteiger partial charge in [0.05, 0.1) is 24.4 Å². The van der Waals surface area contributed by atoms with Crippen LogP contribution in [0.25, 0.3) is 0 Å². The van der Waals surface area contributed by atoms with E-state index in [0.29, 0.717) is 36.7 Å². The summed E-state index contributed by atoms with van der Waals surface area (Å²) >= 11 is 0. The topological polar surface area (TPSA) is 115 Å². The van der Waals surface area contributed by atoms with Crippen LogP contribution in [-0.2, 0) is 15.4 Å². The summed E-state index contributed by atoms with van der Waals surface area (Å²) in [6, 6.07) is 4.75. The average molecular weight is 433 g/mol. The fourth-order valence-electron chi connectivity index (χ4n) is 3.64. The second-order valence-electron chi connectivity index (χ2n) is 8.48. The van der Waals surface area contributed by atoms with Crippen LogP contribution in [-0.4, -0.2) is 42.3 Å². The van der Waals surface area contributed by atoms with Crippen LogP contribution in [0.15, 0.2) is 29.3 Å². The molecule has 1 saturated heterocycles. The molecule has 2 heterocycles. The largest absolute Gasteiger partial charge is 0.495 e. The van der Waals surface area contributed by atoms with Crippen LogP contribution in [0.1, 0.15) is 67.1 Å². The molecular weight excluding hydrogens is 404 g/mol. The summed E-state index contributed by atoms with van der Waals surface area (Å²) in [6.45, 7) is 8.10. The van der Waals surface area contributed by atoms with Gasteiger partial charge in [0.1, 0.15) is 16.5 Å². The maximum atomic E-state index is 13.7. The molecule has 1 aliphatic rings. The number of ether oxygens (including phenoxy) is 1. The molecule has 2 N–H and O–H groups in total. The lowest BCUT2D eigenvalue weighted by Gasteiger charge is -2.26. The van der Waals surface area contributed by atoms with E-state index in [1.54, 1.807) is 19.1 Å². The van der Waals surface area contributed by atoms with E-state index in [2.05, 4.69) is 9.97 Å². The number of aryl methyl sites for hydroxylation is 1. The molecule has 1 aromatic heterocycles. The Morgan fingerprint density at radius 1 is 1.30 bits per heavy atom. The molecule has 162 valence electrons. The second-order valence-corrected chi connectivity index (χ2v) is 10.3. The minimum absolute atomic E-state index is 0.134. The van der Waals surface area contributed by atoms with Crippen LogP contribution < -0.4 is 10.5 Å². The number of carbonyl (C=O) groups is 1. The zero-order valence-corrected chi connectivity index (χ0v) is 18.8. The standard InChI is InChI=1S/C21H28N4O4S/c1-13-15(19(22)26)12-23-20(24-13)16-7-6-10-25(16)30(27,28)18-11-14(21(2,3)4)8-9-17(18)29-5/h8-9,11-12,16H,6-7,10H2,1-5H3,(H2,22,26)/t16-/m0/s1. The first-order valence-electron chi connectivity index (χ1n) is 9.80. The van der Waals surface area contributed by atoms with Crippen LogP contribution in [0.2, 0.25) is 0 Å². The number of sulfonamides is 1. The van der Waals surface area contributed by atoms with Crippen LogP contribution in [0.3, 0.4) is 0 Å². The molecule has 1 amide bonds. The normalized spacial score (nSPS) is 17.8. The minimum Gasteiger partial charge on any atom is -0.495 e. The molecule has 1 aromatic carbocycles. The summed E-state index contributed by atoms with van der Waals surface area (Å²) in [6.07, 6.45) is 2.64. The number of amides is 1. The summed E-state index contributed by atoms with van der Waals surface area (Å²) < 4.78 is 34.1. The molecule has 0 radical (unpaired) electrons. The number of hydrogen-bond donors (Lipinski definition) is 1. The van der Waals surface area contributed by atoms with E-state index < -0.39 is 22.0 Å². The van der Waals surface area contributed by atoms with Gasteiger partial charge >= 0.3 is 0 Å². The van der Waals surface area contributed by atoms with Gasteiger partial charge in [-0.2, -0.15) is 4.31 Å². The zero-order valence-electron chi connectivity index (χ0n) is 18.0. The van der Waals surface area contributed by atoms with Crippen molar-refractivity contribution in [2.24, 2.45) is 5.73 Å². The Kier molecular flexibility index (Phi) is 5.88. The van der Waals surface area contributed by atoms with Crippen molar-refractivity contribution in [3.8, 4) is 5.75 Å². The van der Waals surface area contributed by atoms with Crippen molar-refractivity contribution in [3.63, 3.8) is 0 Å². The van der Waals surface area contributed by atoms with Gasteiger partial charge in [-0.3, -0.25) is 4.79 Å². The van der Waals surface area contributed by atoms with Crippen molar-refractivity contribution < 1.29 is 17.9 Å². The van der Waals surface area contributed by atoms with Crippen LogP contribution in [0.5, 0.6) is 5.75 Å². The molecule has 3 rings (SSSR count). The molecule has 0 spiro atoms. The van der Waals surface area contributed by atoms with E-state index in [9.17, 15) is 13.2 Å². The minimum atomic E-state index is -3.86. The number of aromatic nitrogens is 2. The maximum absolute atomic E-state index is 13.7. The molecule has 0 bridgehead atoms. The SMILES string of the molecule is COc1ccc(C(C)(C)C)cc1S(=O)(=O)N1CCC[C@H]1c1ncc(C(N)=O)c(C)n1. The van der Waals surface area contributed by atoms with E-state index in [0.717, 1.165) is 5.56 Å². The number of primary amides is 1. The first-order valence-corrected chi connectivity index (χ1v) is 11.2. The smallest absolute Gasteiger partial charge is 0.252 e. The Bertz CT molecular complexity index is 1080. The van der Waals surface area contributed by atoms with E-state index in [-0.39, 0.29) is 15.9 Å². The number of nitrogens with two attached hydrogens (primary N) is 1. The third-order valence-electron chi connectivity index (χ3n) is 5.38. The lowest BCUT2D eigenvalue weighted by Crippen LogP contribution is -2.32. The van der Waals surface area contributed by atoms with E-state index in [1.165, 1.54) is 17.6 Å². The van der Waals surface area contributed by atoms with Crippen molar-refractivity contribution in [1.29, 1.82) is 0 Å². The Balaban J connectivity index is 2.06. The molecule has 30 heavy (non-hydrogen) atoms. The van der Waals surface area contributed by atoms with Crippen molar-refractivity contribution in [2.45, 2.75) is 56.9 Å². The van der Waals surface area contributed by atoms with Gasteiger partial charge in [0.2, 0.25) is 10.0 Å². The Labute approximate surface area is 177 Å². The van der Waals surface area contributed by atoms with Gasteiger partial charge in [-0.1, -0.05) is 26.8 Å². The zero-order chi connectivity index (χ0) is 22.3. The van der Waals surface area contributed by atoms with Crippen LogP contribution >= 0.6 is 0 Å². The van der Waals surface area contributed by atoms with Gasteiger partial charge in [0.15, 0.2) is 0 Å². The molecule has 0 saturated carbocycles. The molecule has 1 fully saturated rings. The van der Waals surface area contributed by atoms with E-state index in [1.807, 2.05) is 26.8 Å². The van der Waals surface area contributed by atoms with Crippen LogP contribution in [0, 0.1) is 6.92 Å². The number of nitrogens with zero attached hydrogens (tertiary/aromatic N) is 3. The fraction of sp³-hybridized carbons (Fsp3) is 0.476. The predicted octanol–water partition coefficient (Wildman–Crippen LogP) is 2.72. The third kappa shape index (κ3) is 4.04.